The van der Waals surface area contributed by atoms with Crippen LogP contribution in [0.3, 0.4) is 0 Å². The maximum absolute atomic E-state index is 12.9. The van der Waals surface area contributed by atoms with Gasteiger partial charge in [-0.2, -0.15) is 0 Å². The van der Waals surface area contributed by atoms with Crippen LogP contribution in [0.15, 0.2) is 12.2 Å². The lowest BCUT2D eigenvalue weighted by atomic mass is 9.41. The van der Waals surface area contributed by atoms with Crippen LogP contribution in [0.2, 0.25) is 0 Å². The first-order valence-electron chi connectivity index (χ1n) is 25.9. The van der Waals surface area contributed by atoms with Gasteiger partial charge in [-0.15, -0.1) is 0 Å². The molecule has 18 nitrogen and oxygen atoms in total. The highest BCUT2D eigenvalue weighted by Crippen LogP contribution is 2.73. The summed E-state index contributed by atoms with van der Waals surface area (Å²) in [5, 5.41) is 10.6. The SMILES string of the molecule is C=C1C[C@@]23CCC4[C@](C)(C(=O)O)CCC[C@@]4(C)[C@@H]2CCC1(O[C@@H]1OC(COC(C)=O)[C@@H](C)[C@H](O[C@@H]2OC(COC(C)=O)[C@@H](C)[C@H](C)C2OC(C)=O)C1O[C@@H]1OC(COC(C)=O)[C@@H](C)[C@H](C)C1OC(C)=O)C3. The molecule has 7 fully saturated rings. The van der Waals surface area contributed by atoms with Crippen LogP contribution in [0.1, 0.15) is 141 Å². The number of carbonyl (C=O) groups is 6. The molecule has 21 atom stereocenters. The molecule has 3 heterocycles. The zero-order valence-corrected chi connectivity index (χ0v) is 43.9. The van der Waals surface area contributed by atoms with E-state index in [0.29, 0.717) is 25.7 Å². The summed E-state index contributed by atoms with van der Waals surface area (Å²) in [4.78, 5) is 75.2. The fraction of sp³-hybridized carbons (Fsp3) is 0.849. The minimum atomic E-state index is -1.29. The van der Waals surface area contributed by atoms with E-state index in [2.05, 4.69) is 6.92 Å². The fourth-order valence-electron chi connectivity index (χ4n) is 14.4. The van der Waals surface area contributed by atoms with Gasteiger partial charge in [0.2, 0.25) is 0 Å². The quantitative estimate of drug-likeness (QED) is 0.0766. The minimum Gasteiger partial charge on any atom is -0.481 e. The molecule has 7 rings (SSSR count). The summed E-state index contributed by atoms with van der Waals surface area (Å²) in [6, 6.07) is 0. The van der Waals surface area contributed by atoms with E-state index in [1.807, 2.05) is 41.5 Å². The van der Waals surface area contributed by atoms with Crippen molar-refractivity contribution in [1.82, 2.24) is 0 Å². The molecular weight excluding hydrogens is 925 g/mol. The third-order valence-electron chi connectivity index (χ3n) is 18.5. The Balaban J connectivity index is 1.30. The number of ether oxygens (including phenoxy) is 11. The van der Waals surface area contributed by atoms with Gasteiger partial charge in [-0.05, 0) is 98.4 Å². The lowest BCUT2D eigenvalue weighted by Gasteiger charge is -2.64. The van der Waals surface area contributed by atoms with Gasteiger partial charge in [-0.3, -0.25) is 28.8 Å². The Morgan fingerprint density at radius 2 is 1.04 bits per heavy atom. The molecule has 0 aromatic rings. The van der Waals surface area contributed by atoms with Crippen molar-refractivity contribution in [3.8, 4) is 0 Å². The van der Waals surface area contributed by atoms with E-state index in [0.717, 1.165) is 37.7 Å². The molecule has 0 aromatic heterocycles. The van der Waals surface area contributed by atoms with Gasteiger partial charge in [0.25, 0.3) is 0 Å². The normalized spacial score (nSPS) is 45.1. The van der Waals surface area contributed by atoms with Gasteiger partial charge in [0.1, 0.15) is 32.0 Å². The summed E-state index contributed by atoms with van der Waals surface area (Å²) in [5.41, 5.74) is -1.29. The topological polar surface area (TPSA) is 224 Å². The minimum absolute atomic E-state index is 0.0210. The van der Waals surface area contributed by atoms with E-state index in [9.17, 15) is 33.9 Å². The Morgan fingerprint density at radius 1 is 0.577 bits per heavy atom. The van der Waals surface area contributed by atoms with Crippen molar-refractivity contribution in [3.63, 3.8) is 0 Å². The first-order valence-corrected chi connectivity index (χ1v) is 25.9. The monoisotopic (exact) mass is 1000 g/mol. The van der Waals surface area contributed by atoms with Crippen LogP contribution < -0.4 is 0 Å². The number of carboxylic acids is 1. The number of carbonyl (C=O) groups excluding carboxylic acids is 5. The summed E-state index contributed by atoms with van der Waals surface area (Å²) >= 11 is 0. The number of esters is 5. The zero-order chi connectivity index (χ0) is 52.1. The molecule has 7 aliphatic rings. The summed E-state index contributed by atoms with van der Waals surface area (Å²) in [6.45, 7) is 24.5. The third kappa shape index (κ3) is 10.8. The average Bonchev–Trinajstić information content (AvgIpc) is 3.48. The molecule has 3 aliphatic heterocycles. The van der Waals surface area contributed by atoms with Gasteiger partial charge >= 0.3 is 35.8 Å². The molecule has 4 saturated carbocycles. The van der Waals surface area contributed by atoms with Gasteiger partial charge < -0.3 is 57.2 Å². The van der Waals surface area contributed by atoms with Crippen LogP contribution in [0.4, 0.5) is 0 Å². The molecular formula is C53H80O18. The van der Waals surface area contributed by atoms with Crippen molar-refractivity contribution in [3.05, 3.63) is 12.2 Å². The second-order valence-electron chi connectivity index (χ2n) is 22.9. The van der Waals surface area contributed by atoms with E-state index < -0.39 is 114 Å². The van der Waals surface area contributed by atoms with E-state index >= 15 is 0 Å². The summed E-state index contributed by atoms with van der Waals surface area (Å²) in [5.74, 6) is -5.11. The molecule has 8 unspecified atom stereocenters. The van der Waals surface area contributed by atoms with E-state index in [1.165, 1.54) is 34.6 Å². The van der Waals surface area contributed by atoms with Crippen molar-refractivity contribution >= 4 is 35.8 Å². The van der Waals surface area contributed by atoms with Crippen LogP contribution in [-0.2, 0) is 80.9 Å². The van der Waals surface area contributed by atoms with E-state index in [-0.39, 0.29) is 66.2 Å². The molecule has 0 aromatic carbocycles. The first-order chi connectivity index (χ1) is 33.3. The van der Waals surface area contributed by atoms with Crippen LogP contribution in [0, 0.1) is 57.7 Å². The summed E-state index contributed by atoms with van der Waals surface area (Å²) in [7, 11) is 0. The highest BCUT2D eigenvalue weighted by molar-refractivity contribution is 5.75. The van der Waals surface area contributed by atoms with E-state index in [4.69, 9.17) is 58.7 Å². The molecule has 3 saturated heterocycles. The maximum Gasteiger partial charge on any atom is 0.309 e. The highest BCUT2D eigenvalue weighted by atomic mass is 16.8. The lowest BCUT2D eigenvalue weighted by Crippen LogP contribution is -2.65. The predicted octanol–water partition coefficient (Wildman–Crippen LogP) is 6.86. The molecule has 71 heavy (non-hydrogen) atoms. The van der Waals surface area contributed by atoms with Crippen molar-refractivity contribution in [2.45, 2.75) is 208 Å². The molecule has 0 amide bonds. The molecule has 400 valence electrons. The Morgan fingerprint density at radius 3 is 1.52 bits per heavy atom. The van der Waals surface area contributed by atoms with Gasteiger partial charge in [-0.1, -0.05) is 54.5 Å². The van der Waals surface area contributed by atoms with Crippen molar-refractivity contribution < 1.29 is 86.0 Å². The number of aliphatic carboxylic acids is 1. The van der Waals surface area contributed by atoms with Crippen molar-refractivity contribution in [2.24, 2.45) is 57.7 Å². The Labute approximate surface area is 418 Å². The second-order valence-corrected chi connectivity index (χ2v) is 22.9. The van der Waals surface area contributed by atoms with Gasteiger partial charge in [0.15, 0.2) is 31.1 Å². The second kappa shape index (κ2) is 21.3. The van der Waals surface area contributed by atoms with Crippen molar-refractivity contribution in [2.75, 3.05) is 19.8 Å². The largest absolute Gasteiger partial charge is 0.481 e. The Hall–Kier alpha value is -3.68. The molecule has 0 radical (unpaired) electrons. The maximum atomic E-state index is 12.9. The summed E-state index contributed by atoms with van der Waals surface area (Å²) < 4.78 is 70.5. The Bertz CT molecular complexity index is 2020. The first kappa shape index (κ1) is 55.1. The number of hydrogen-bond acceptors (Lipinski definition) is 17. The van der Waals surface area contributed by atoms with E-state index in [1.54, 1.807) is 0 Å². The number of fused-ring (bicyclic) bond motifs is 3. The average molecular weight is 1010 g/mol. The number of hydrogen-bond donors (Lipinski definition) is 1. The highest BCUT2D eigenvalue weighted by Gasteiger charge is 2.69. The zero-order valence-electron chi connectivity index (χ0n) is 43.9. The standard InChI is InChI=1S/C53H80O18/c1-26-21-52-19-15-40-50(12,17-14-18-51(40,13)49(59)60)41(52)16-20-53(26,25-52)71-48-45(70-47-44(65-36(11)58)30(5)28(3)38(67-47)23-62-33(8)55)42(31(6)39(68-48)24-63-34(9)56)69-46-43(64-35(10)57)29(4)27(2)37(66-46)22-61-32(7)54/h27-31,37-48H,1,14-25H2,2-13H3,(H,59,60)/t27-,28-,29-,30-,31+,37?,38?,39?,40?,41-,42-,43?,44?,45?,46-,47-,48-,50+,51+,52+,53?/m0/s1. The lowest BCUT2D eigenvalue weighted by molar-refractivity contribution is -0.389. The summed E-state index contributed by atoms with van der Waals surface area (Å²) in [6.07, 6.45) is -3.63. The van der Waals surface area contributed by atoms with Crippen LogP contribution >= 0.6 is 0 Å². The van der Waals surface area contributed by atoms with Crippen LogP contribution in [0.25, 0.3) is 0 Å². The van der Waals surface area contributed by atoms with Gasteiger partial charge in [-0.25, -0.2) is 0 Å². The smallest absolute Gasteiger partial charge is 0.309 e. The molecule has 2 bridgehead atoms. The van der Waals surface area contributed by atoms with Gasteiger partial charge in [0, 0.05) is 52.4 Å². The van der Waals surface area contributed by atoms with Crippen LogP contribution in [-0.4, -0.2) is 128 Å². The predicted molar refractivity (Wildman–Crippen MR) is 250 cm³/mol. The molecule has 1 N–H and O–H groups in total. The number of rotatable bonds is 15. The fourth-order valence-corrected chi connectivity index (χ4v) is 14.4. The number of carboxylic acid groups (broad SMARTS) is 1. The molecule has 1 spiro atoms. The Kier molecular flexibility index (Phi) is 16.5. The third-order valence-corrected chi connectivity index (χ3v) is 18.5. The van der Waals surface area contributed by atoms with Gasteiger partial charge in [0.05, 0.1) is 29.3 Å². The van der Waals surface area contributed by atoms with Crippen LogP contribution in [0.5, 0.6) is 0 Å². The van der Waals surface area contributed by atoms with Crippen molar-refractivity contribution in [1.29, 1.82) is 0 Å². The molecule has 18 heteroatoms. The molecule has 4 aliphatic carbocycles.